The van der Waals surface area contributed by atoms with Crippen LogP contribution < -0.4 is 5.32 Å². The zero-order chi connectivity index (χ0) is 12.0. The second kappa shape index (κ2) is 6.52. The highest BCUT2D eigenvalue weighted by atomic mass is 32.2. The standard InChI is InChI=1S/C12H23NO2S/c1-12(2,3)16(14)8-6-13-9-11-5-4-7-15-10-11/h5,13H,4,6-10H2,1-3H3. The van der Waals surface area contributed by atoms with Crippen molar-refractivity contribution in [2.24, 2.45) is 0 Å². The summed E-state index contributed by atoms with van der Waals surface area (Å²) in [5.74, 6) is 0.720. The van der Waals surface area contributed by atoms with Crippen LogP contribution in [-0.2, 0) is 15.5 Å². The predicted molar refractivity (Wildman–Crippen MR) is 69.2 cm³/mol. The van der Waals surface area contributed by atoms with Crippen molar-refractivity contribution in [2.75, 3.05) is 32.1 Å². The molecule has 4 heteroatoms. The van der Waals surface area contributed by atoms with E-state index in [1.54, 1.807) is 0 Å². The van der Waals surface area contributed by atoms with Crippen molar-refractivity contribution in [1.29, 1.82) is 0 Å². The third-order valence-electron chi connectivity index (χ3n) is 2.48. The van der Waals surface area contributed by atoms with Crippen LogP contribution in [-0.4, -0.2) is 41.0 Å². The Kier molecular flexibility index (Phi) is 5.66. The molecule has 94 valence electrons. The van der Waals surface area contributed by atoms with Crippen molar-refractivity contribution in [1.82, 2.24) is 5.32 Å². The monoisotopic (exact) mass is 245 g/mol. The maximum Gasteiger partial charge on any atom is 0.0689 e. The lowest BCUT2D eigenvalue weighted by Gasteiger charge is -2.18. The van der Waals surface area contributed by atoms with Crippen LogP contribution in [0.2, 0.25) is 0 Å². The van der Waals surface area contributed by atoms with Crippen LogP contribution >= 0.6 is 0 Å². The van der Waals surface area contributed by atoms with E-state index in [-0.39, 0.29) is 4.75 Å². The Morgan fingerprint density at radius 2 is 2.25 bits per heavy atom. The van der Waals surface area contributed by atoms with Crippen molar-refractivity contribution >= 4 is 10.8 Å². The van der Waals surface area contributed by atoms with E-state index < -0.39 is 10.8 Å². The molecule has 1 heterocycles. The van der Waals surface area contributed by atoms with Crippen molar-refractivity contribution in [2.45, 2.75) is 31.9 Å². The van der Waals surface area contributed by atoms with Gasteiger partial charge in [-0.05, 0) is 32.8 Å². The maximum absolute atomic E-state index is 11.7. The summed E-state index contributed by atoms with van der Waals surface area (Å²) >= 11 is 0. The van der Waals surface area contributed by atoms with Gasteiger partial charge in [-0.3, -0.25) is 4.21 Å². The van der Waals surface area contributed by atoms with Gasteiger partial charge in [-0.15, -0.1) is 0 Å². The Balaban J connectivity index is 2.12. The quantitative estimate of drug-likeness (QED) is 0.589. The van der Waals surface area contributed by atoms with Crippen LogP contribution in [0.15, 0.2) is 11.6 Å². The number of rotatable bonds is 5. The highest BCUT2D eigenvalue weighted by Crippen LogP contribution is 2.10. The van der Waals surface area contributed by atoms with E-state index >= 15 is 0 Å². The normalized spacial score (nSPS) is 19.3. The maximum atomic E-state index is 11.7. The smallest absolute Gasteiger partial charge is 0.0689 e. The van der Waals surface area contributed by atoms with Crippen molar-refractivity contribution in [3.05, 3.63) is 11.6 Å². The summed E-state index contributed by atoms with van der Waals surface area (Å²) in [5.41, 5.74) is 1.31. The molecule has 0 amide bonds. The predicted octanol–water partition coefficient (Wildman–Crippen LogP) is 1.47. The number of hydrogen-bond donors (Lipinski definition) is 1. The van der Waals surface area contributed by atoms with Crippen molar-refractivity contribution in [3.63, 3.8) is 0 Å². The summed E-state index contributed by atoms with van der Waals surface area (Å²) < 4.78 is 17.0. The van der Waals surface area contributed by atoms with E-state index in [2.05, 4.69) is 11.4 Å². The summed E-state index contributed by atoms with van der Waals surface area (Å²) in [7, 11) is -0.757. The van der Waals surface area contributed by atoms with Crippen LogP contribution in [0.3, 0.4) is 0 Å². The van der Waals surface area contributed by atoms with Gasteiger partial charge in [-0.25, -0.2) is 0 Å². The van der Waals surface area contributed by atoms with Crippen LogP contribution in [0.25, 0.3) is 0 Å². The molecule has 0 radical (unpaired) electrons. The molecule has 0 aliphatic carbocycles. The molecule has 1 N–H and O–H groups in total. The van der Waals surface area contributed by atoms with Gasteiger partial charge in [0.15, 0.2) is 0 Å². The zero-order valence-corrected chi connectivity index (χ0v) is 11.4. The summed E-state index contributed by atoms with van der Waals surface area (Å²) in [5, 5.41) is 3.32. The lowest BCUT2D eigenvalue weighted by molar-refractivity contribution is 0.149. The number of ether oxygens (including phenoxy) is 1. The van der Waals surface area contributed by atoms with Gasteiger partial charge in [0.25, 0.3) is 0 Å². The molecule has 0 aromatic carbocycles. The van der Waals surface area contributed by atoms with Gasteiger partial charge in [0, 0.05) is 34.4 Å². The average Bonchev–Trinajstić information content (AvgIpc) is 2.24. The molecule has 0 aromatic rings. The minimum absolute atomic E-state index is 0.102. The minimum Gasteiger partial charge on any atom is -0.377 e. The molecular formula is C12H23NO2S. The van der Waals surface area contributed by atoms with Gasteiger partial charge in [0.2, 0.25) is 0 Å². The van der Waals surface area contributed by atoms with Crippen LogP contribution in [0, 0.1) is 0 Å². The van der Waals surface area contributed by atoms with Gasteiger partial charge in [-0.2, -0.15) is 0 Å². The first kappa shape index (κ1) is 13.9. The highest BCUT2D eigenvalue weighted by Gasteiger charge is 2.18. The third-order valence-corrected chi connectivity index (χ3v) is 4.42. The molecule has 1 aliphatic rings. The van der Waals surface area contributed by atoms with Crippen molar-refractivity contribution < 1.29 is 8.95 Å². The molecule has 1 unspecified atom stereocenters. The Hall–Kier alpha value is -0.190. The number of nitrogens with one attached hydrogen (secondary N) is 1. The van der Waals surface area contributed by atoms with Crippen LogP contribution in [0.4, 0.5) is 0 Å². The van der Waals surface area contributed by atoms with Gasteiger partial charge in [-0.1, -0.05) is 6.08 Å². The summed E-state index contributed by atoms with van der Waals surface area (Å²) in [6.45, 7) is 9.30. The van der Waals surface area contributed by atoms with E-state index in [9.17, 15) is 4.21 Å². The Bertz CT molecular complexity index is 269. The summed E-state index contributed by atoms with van der Waals surface area (Å²) in [6, 6.07) is 0. The van der Waals surface area contributed by atoms with E-state index in [0.29, 0.717) is 0 Å². The van der Waals surface area contributed by atoms with Gasteiger partial charge >= 0.3 is 0 Å². The molecule has 0 saturated carbocycles. The fourth-order valence-corrected chi connectivity index (χ4v) is 2.39. The molecule has 16 heavy (non-hydrogen) atoms. The molecule has 1 aliphatic heterocycles. The molecule has 0 saturated heterocycles. The first-order valence-corrected chi connectivity index (χ1v) is 7.17. The highest BCUT2D eigenvalue weighted by molar-refractivity contribution is 7.86. The van der Waals surface area contributed by atoms with E-state index in [1.807, 2.05) is 20.8 Å². The molecule has 0 aromatic heterocycles. The molecule has 0 spiro atoms. The lowest BCUT2D eigenvalue weighted by atomic mass is 10.2. The van der Waals surface area contributed by atoms with Gasteiger partial charge in [0.05, 0.1) is 13.2 Å². The molecule has 1 rings (SSSR count). The molecule has 1 atom stereocenters. The second-order valence-electron chi connectivity index (χ2n) is 5.04. The van der Waals surface area contributed by atoms with E-state index in [4.69, 9.17) is 4.74 Å². The lowest BCUT2D eigenvalue weighted by Crippen LogP contribution is -2.31. The average molecular weight is 245 g/mol. The van der Waals surface area contributed by atoms with Crippen molar-refractivity contribution in [3.8, 4) is 0 Å². The summed E-state index contributed by atoms with van der Waals surface area (Å²) in [6.07, 6.45) is 3.25. The molecular weight excluding hydrogens is 222 g/mol. The number of hydrogen-bond acceptors (Lipinski definition) is 3. The Morgan fingerprint density at radius 1 is 1.50 bits per heavy atom. The molecule has 3 nitrogen and oxygen atoms in total. The SMILES string of the molecule is CC(C)(C)S(=O)CCNCC1=CCCOC1. The first-order chi connectivity index (χ1) is 7.50. The minimum atomic E-state index is -0.757. The van der Waals surface area contributed by atoms with Crippen LogP contribution in [0.5, 0.6) is 0 Å². The first-order valence-electron chi connectivity index (χ1n) is 5.85. The van der Waals surface area contributed by atoms with E-state index in [0.717, 1.165) is 38.5 Å². The van der Waals surface area contributed by atoms with Crippen LogP contribution in [0.1, 0.15) is 27.2 Å². The van der Waals surface area contributed by atoms with Gasteiger partial charge in [0.1, 0.15) is 0 Å². The topological polar surface area (TPSA) is 38.3 Å². The van der Waals surface area contributed by atoms with Gasteiger partial charge < -0.3 is 10.1 Å². The largest absolute Gasteiger partial charge is 0.377 e. The fraction of sp³-hybridized carbons (Fsp3) is 0.833. The fourth-order valence-electron chi connectivity index (χ4n) is 1.45. The third kappa shape index (κ3) is 5.23. The Morgan fingerprint density at radius 3 is 2.81 bits per heavy atom. The summed E-state index contributed by atoms with van der Waals surface area (Å²) in [4.78, 5) is 0. The molecule has 0 fully saturated rings. The Labute approximate surface area is 101 Å². The second-order valence-corrected chi connectivity index (χ2v) is 7.37. The zero-order valence-electron chi connectivity index (χ0n) is 10.5. The van der Waals surface area contributed by atoms with E-state index in [1.165, 1.54) is 5.57 Å². The molecule has 0 bridgehead atoms.